The Hall–Kier alpha value is -2.23. The molecule has 0 unspecified atom stereocenters. The Balaban J connectivity index is 1.78. The number of benzene rings is 1. The number of carbonyl (C=O) groups excluding carboxylic acids is 1. The molecule has 0 bridgehead atoms. The van der Waals surface area contributed by atoms with Crippen LogP contribution in [0.25, 0.3) is 11.3 Å². The molecule has 2 heterocycles. The summed E-state index contributed by atoms with van der Waals surface area (Å²) in [7, 11) is -3.69. The summed E-state index contributed by atoms with van der Waals surface area (Å²) in [6, 6.07) is 10.4. The van der Waals surface area contributed by atoms with Gasteiger partial charge in [0.05, 0.1) is 17.2 Å². The van der Waals surface area contributed by atoms with Crippen molar-refractivity contribution in [2.24, 2.45) is 0 Å². The fraction of sp³-hybridized carbons (Fsp3) is 0.176. The molecule has 6 nitrogen and oxygen atoms in total. The van der Waals surface area contributed by atoms with Crippen molar-refractivity contribution >= 4 is 44.3 Å². The van der Waals surface area contributed by atoms with E-state index < -0.39 is 10.0 Å². The average molecular weight is 408 g/mol. The van der Waals surface area contributed by atoms with Crippen LogP contribution in [-0.4, -0.2) is 19.3 Å². The molecule has 0 aliphatic carbocycles. The van der Waals surface area contributed by atoms with Crippen LogP contribution in [0.15, 0.2) is 46.0 Å². The Labute approximate surface area is 160 Å². The molecule has 0 radical (unpaired) electrons. The van der Waals surface area contributed by atoms with Gasteiger partial charge in [-0.15, -0.1) is 22.7 Å². The average Bonchev–Trinajstić information content (AvgIpc) is 3.22. The Bertz CT molecular complexity index is 1040. The summed E-state index contributed by atoms with van der Waals surface area (Å²) in [5.41, 5.74) is 2.15. The number of hydrogen-bond donors (Lipinski definition) is 2. The summed E-state index contributed by atoms with van der Waals surface area (Å²) in [4.78, 5) is 16.2. The van der Waals surface area contributed by atoms with Gasteiger partial charge < -0.3 is 5.32 Å². The molecule has 26 heavy (non-hydrogen) atoms. The van der Waals surface area contributed by atoms with Crippen molar-refractivity contribution < 1.29 is 13.2 Å². The second-order valence-corrected chi connectivity index (χ2v) is 9.71. The minimum absolute atomic E-state index is 0.157. The first-order valence-electron chi connectivity index (χ1n) is 7.72. The van der Waals surface area contributed by atoms with Gasteiger partial charge in [-0.2, -0.15) is 0 Å². The van der Waals surface area contributed by atoms with E-state index in [0.29, 0.717) is 12.2 Å². The van der Waals surface area contributed by atoms with E-state index in [1.807, 2.05) is 18.4 Å². The molecule has 3 aromatic rings. The second-order valence-electron chi connectivity index (χ2n) is 5.57. The maximum absolute atomic E-state index is 12.6. The number of sulfonamides is 1. The number of anilines is 1. The van der Waals surface area contributed by atoms with Gasteiger partial charge in [0, 0.05) is 28.4 Å². The van der Waals surface area contributed by atoms with Gasteiger partial charge in [0.25, 0.3) is 10.0 Å². The number of rotatable bonds is 6. The molecule has 0 saturated heterocycles. The Morgan fingerprint density at radius 2 is 2.04 bits per heavy atom. The highest BCUT2D eigenvalue weighted by molar-refractivity contribution is 7.94. The van der Waals surface area contributed by atoms with Crippen molar-refractivity contribution in [1.29, 1.82) is 0 Å². The van der Waals surface area contributed by atoms with Crippen molar-refractivity contribution in [1.82, 2.24) is 10.3 Å². The molecule has 2 aromatic heterocycles. The fourth-order valence-electron chi connectivity index (χ4n) is 2.25. The fourth-order valence-corrected chi connectivity index (χ4v) is 5.22. The van der Waals surface area contributed by atoms with Gasteiger partial charge in [-0.05, 0) is 31.2 Å². The smallest absolute Gasteiger partial charge is 0.271 e. The molecule has 1 amide bonds. The van der Waals surface area contributed by atoms with Crippen molar-refractivity contribution in [2.45, 2.75) is 24.6 Å². The summed E-state index contributed by atoms with van der Waals surface area (Å²) in [6.45, 7) is 3.66. The van der Waals surface area contributed by atoms with E-state index in [1.165, 1.54) is 13.0 Å². The predicted octanol–water partition coefficient (Wildman–Crippen LogP) is 3.62. The number of aryl methyl sites for hydroxylation is 1. The molecule has 0 fully saturated rings. The summed E-state index contributed by atoms with van der Waals surface area (Å²) >= 11 is 2.68. The standard InChI is InChI=1S/C17H17N3O3S3/c1-11(21)18-9-15-6-7-17(25-15)26(22,23)20-14-5-3-4-13(8-14)16-10-24-12(2)19-16/h3-8,10,20H,9H2,1-2H3,(H,18,21). The lowest BCUT2D eigenvalue weighted by Gasteiger charge is -2.07. The van der Waals surface area contributed by atoms with E-state index in [9.17, 15) is 13.2 Å². The van der Waals surface area contributed by atoms with Crippen LogP contribution in [-0.2, 0) is 21.4 Å². The van der Waals surface area contributed by atoms with E-state index in [1.54, 1.807) is 35.6 Å². The minimum atomic E-state index is -3.69. The molecule has 0 spiro atoms. The van der Waals surface area contributed by atoms with Gasteiger partial charge in [-0.25, -0.2) is 13.4 Å². The zero-order valence-corrected chi connectivity index (χ0v) is 16.6. The lowest BCUT2D eigenvalue weighted by molar-refractivity contribution is -0.119. The number of nitrogens with one attached hydrogen (secondary N) is 2. The van der Waals surface area contributed by atoms with Crippen molar-refractivity contribution in [3.05, 3.63) is 51.7 Å². The maximum atomic E-state index is 12.6. The van der Waals surface area contributed by atoms with E-state index in [4.69, 9.17) is 0 Å². The molecule has 136 valence electrons. The first-order chi connectivity index (χ1) is 12.3. The molecule has 0 saturated carbocycles. The molecular weight excluding hydrogens is 390 g/mol. The van der Waals surface area contributed by atoms with Gasteiger partial charge in [0.1, 0.15) is 4.21 Å². The van der Waals surface area contributed by atoms with Crippen LogP contribution < -0.4 is 10.0 Å². The van der Waals surface area contributed by atoms with E-state index >= 15 is 0 Å². The number of hydrogen-bond acceptors (Lipinski definition) is 6. The highest BCUT2D eigenvalue weighted by Crippen LogP contribution is 2.27. The number of thiophene rings is 1. The lowest BCUT2D eigenvalue weighted by atomic mass is 10.1. The topological polar surface area (TPSA) is 88.2 Å². The van der Waals surface area contributed by atoms with Gasteiger partial charge in [0.2, 0.25) is 5.91 Å². The number of amides is 1. The molecule has 0 aliphatic rings. The maximum Gasteiger partial charge on any atom is 0.271 e. The van der Waals surface area contributed by atoms with Gasteiger partial charge in [0.15, 0.2) is 0 Å². The monoisotopic (exact) mass is 407 g/mol. The highest BCUT2D eigenvalue weighted by atomic mass is 32.2. The SMILES string of the molecule is CC(=O)NCc1ccc(S(=O)(=O)Nc2cccc(-c3csc(C)n3)c2)s1. The summed E-state index contributed by atoms with van der Waals surface area (Å²) in [5.74, 6) is -0.157. The zero-order chi connectivity index (χ0) is 18.7. The highest BCUT2D eigenvalue weighted by Gasteiger charge is 2.17. The van der Waals surface area contributed by atoms with Crippen molar-refractivity contribution in [3.8, 4) is 11.3 Å². The summed E-state index contributed by atoms with van der Waals surface area (Å²) < 4.78 is 28.0. The Morgan fingerprint density at radius 3 is 2.73 bits per heavy atom. The van der Waals surface area contributed by atoms with Crippen LogP contribution in [0.2, 0.25) is 0 Å². The minimum Gasteiger partial charge on any atom is -0.351 e. The van der Waals surface area contributed by atoms with Gasteiger partial charge in [-0.3, -0.25) is 9.52 Å². The van der Waals surface area contributed by atoms with E-state index in [-0.39, 0.29) is 10.1 Å². The van der Waals surface area contributed by atoms with Crippen LogP contribution in [0.3, 0.4) is 0 Å². The summed E-state index contributed by atoms with van der Waals surface area (Å²) in [5, 5.41) is 5.55. The number of thiazole rings is 1. The van der Waals surface area contributed by atoms with E-state index in [0.717, 1.165) is 32.5 Å². The normalized spacial score (nSPS) is 11.3. The number of nitrogens with zero attached hydrogens (tertiary/aromatic N) is 1. The van der Waals surface area contributed by atoms with Crippen LogP contribution >= 0.6 is 22.7 Å². The van der Waals surface area contributed by atoms with Crippen LogP contribution in [0, 0.1) is 6.92 Å². The third kappa shape index (κ3) is 4.48. The first-order valence-corrected chi connectivity index (χ1v) is 10.9. The van der Waals surface area contributed by atoms with Crippen LogP contribution in [0.1, 0.15) is 16.8 Å². The van der Waals surface area contributed by atoms with Crippen LogP contribution in [0.5, 0.6) is 0 Å². The Kier molecular flexibility index (Phi) is 5.40. The first kappa shape index (κ1) is 18.6. The van der Waals surface area contributed by atoms with Gasteiger partial charge >= 0.3 is 0 Å². The van der Waals surface area contributed by atoms with Crippen molar-refractivity contribution in [3.63, 3.8) is 0 Å². The molecule has 0 atom stereocenters. The van der Waals surface area contributed by atoms with Crippen molar-refractivity contribution in [2.75, 3.05) is 4.72 Å². The van der Waals surface area contributed by atoms with Crippen LogP contribution in [0.4, 0.5) is 5.69 Å². The molecule has 3 rings (SSSR count). The predicted molar refractivity (Wildman–Crippen MR) is 105 cm³/mol. The Morgan fingerprint density at radius 1 is 1.23 bits per heavy atom. The molecule has 0 aliphatic heterocycles. The third-order valence-corrected chi connectivity index (χ3v) is 7.17. The zero-order valence-electron chi connectivity index (χ0n) is 14.1. The summed E-state index contributed by atoms with van der Waals surface area (Å²) in [6.07, 6.45) is 0. The largest absolute Gasteiger partial charge is 0.351 e. The molecule has 2 N–H and O–H groups in total. The number of aromatic nitrogens is 1. The molecule has 1 aromatic carbocycles. The van der Waals surface area contributed by atoms with E-state index in [2.05, 4.69) is 15.0 Å². The lowest BCUT2D eigenvalue weighted by Crippen LogP contribution is -2.18. The third-order valence-electron chi connectivity index (χ3n) is 3.44. The number of carbonyl (C=O) groups is 1. The quantitative estimate of drug-likeness (QED) is 0.653. The molecule has 9 heteroatoms. The second kappa shape index (κ2) is 7.56. The molecular formula is C17H17N3O3S3. The van der Waals surface area contributed by atoms with Gasteiger partial charge in [-0.1, -0.05) is 12.1 Å².